The van der Waals surface area contributed by atoms with Crippen molar-refractivity contribution < 1.29 is 32.6 Å². The molecule has 7 heavy (non-hydrogen) atoms. The fraction of sp³-hybridized carbons (Fsp3) is 1.00. The SMILES string of the molecule is [Ag+].[O-]CCCCO. The molecule has 0 aromatic rings. The van der Waals surface area contributed by atoms with E-state index in [-0.39, 0.29) is 35.6 Å². The molecule has 0 unspecified atom stereocenters. The first-order chi connectivity index (χ1) is 2.91. The summed E-state index contributed by atoms with van der Waals surface area (Å²) in [5.74, 6) is 0. The maximum atomic E-state index is 9.58. The number of aliphatic hydroxyl groups is 1. The molecule has 0 heterocycles. The van der Waals surface area contributed by atoms with Crippen molar-refractivity contribution in [2.24, 2.45) is 0 Å². The van der Waals surface area contributed by atoms with Crippen molar-refractivity contribution in [3.63, 3.8) is 0 Å². The van der Waals surface area contributed by atoms with Gasteiger partial charge in [0.25, 0.3) is 0 Å². The molecule has 2 nitrogen and oxygen atoms in total. The van der Waals surface area contributed by atoms with Crippen LogP contribution in [-0.2, 0) is 22.4 Å². The summed E-state index contributed by atoms with van der Waals surface area (Å²) in [4.78, 5) is 0. The third-order valence-electron chi connectivity index (χ3n) is 0.552. The summed E-state index contributed by atoms with van der Waals surface area (Å²) in [6, 6.07) is 0. The van der Waals surface area contributed by atoms with E-state index in [0.29, 0.717) is 12.8 Å². The molecule has 48 valence electrons. The largest absolute Gasteiger partial charge is 1.00 e. The molecule has 0 rings (SSSR count). The third-order valence-corrected chi connectivity index (χ3v) is 0.552. The monoisotopic (exact) mass is 196 g/mol. The molecule has 0 aromatic heterocycles. The Balaban J connectivity index is 0. The second-order valence-corrected chi connectivity index (χ2v) is 1.13. The van der Waals surface area contributed by atoms with Gasteiger partial charge in [0, 0.05) is 6.61 Å². The van der Waals surface area contributed by atoms with Gasteiger partial charge in [-0.25, -0.2) is 0 Å². The molecular formula is C4H9AgO2. The van der Waals surface area contributed by atoms with Gasteiger partial charge in [-0.15, -0.1) is 6.61 Å². The fourth-order valence-electron chi connectivity index (χ4n) is 0.214. The average Bonchev–Trinajstić information content (AvgIpc) is 1.61. The number of unbranched alkanes of at least 4 members (excludes halogenated alkanes) is 1. The van der Waals surface area contributed by atoms with Crippen LogP contribution in [0.15, 0.2) is 0 Å². The summed E-state index contributed by atoms with van der Waals surface area (Å²) in [6.07, 6.45) is 1.26. The molecular weight excluding hydrogens is 188 g/mol. The summed E-state index contributed by atoms with van der Waals surface area (Å²) in [7, 11) is 0. The zero-order valence-corrected chi connectivity index (χ0v) is 5.47. The predicted molar refractivity (Wildman–Crippen MR) is 21.2 cm³/mol. The first kappa shape index (κ1) is 10.6. The van der Waals surface area contributed by atoms with Crippen molar-refractivity contribution in [3.05, 3.63) is 0 Å². The normalized spacial score (nSPS) is 7.71. The second-order valence-electron chi connectivity index (χ2n) is 1.13. The predicted octanol–water partition coefficient (Wildman–Crippen LogP) is -0.883. The molecule has 1 N–H and O–H groups in total. The van der Waals surface area contributed by atoms with Crippen LogP contribution in [0.2, 0.25) is 0 Å². The van der Waals surface area contributed by atoms with Crippen LogP contribution in [0.1, 0.15) is 12.8 Å². The van der Waals surface area contributed by atoms with Gasteiger partial charge in [-0.1, -0.05) is 6.42 Å². The van der Waals surface area contributed by atoms with Gasteiger partial charge >= 0.3 is 22.4 Å². The number of aliphatic hydroxyl groups excluding tert-OH is 1. The Labute approximate surface area is 59.1 Å². The Kier molecular flexibility index (Phi) is 14.9. The van der Waals surface area contributed by atoms with E-state index in [9.17, 15) is 5.11 Å². The maximum Gasteiger partial charge on any atom is 1.00 e. The first-order valence-corrected chi connectivity index (χ1v) is 2.10. The number of rotatable bonds is 3. The second kappa shape index (κ2) is 9.83. The quantitative estimate of drug-likeness (QED) is 0.471. The smallest absolute Gasteiger partial charge is 0.854 e. The Morgan fingerprint density at radius 2 is 1.86 bits per heavy atom. The van der Waals surface area contributed by atoms with Gasteiger partial charge in [-0.05, 0) is 6.42 Å². The van der Waals surface area contributed by atoms with E-state index < -0.39 is 0 Å². The van der Waals surface area contributed by atoms with Crippen molar-refractivity contribution in [2.75, 3.05) is 13.2 Å². The zero-order valence-electron chi connectivity index (χ0n) is 3.99. The summed E-state index contributed by atoms with van der Waals surface area (Å²) in [6.45, 7) is 0.100. The third kappa shape index (κ3) is 10.8. The van der Waals surface area contributed by atoms with Gasteiger partial charge in [0.1, 0.15) is 0 Å². The van der Waals surface area contributed by atoms with E-state index in [4.69, 9.17) is 5.11 Å². The minimum atomic E-state index is -0.0550. The molecule has 0 amide bonds. The number of hydrogen-bond acceptors (Lipinski definition) is 2. The van der Waals surface area contributed by atoms with E-state index in [1.807, 2.05) is 0 Å². The molecule has 0 aromatic carbocycles. The van der Waals surface area contributed by atoms with Crippen LogP contribution in [0.5, 0.6) is 0 Å². The van der Waals surface area contributed by atoms with Crippen molar-refractivity contribution >= 4 is 0 Å². The molecule has 0 saturated heterocycles. The van der Waals surface area contributed by atoms with E-state index in [2.05, 4.69) is 0 Å². The summed E-state index contributed by atoms with van der Waals surface area (Å²) in [5, 5.41) is 17.6. The van der Waals surface area contributed by atoms with Crippen LogP contribution in [0.25, 0.3) is 0 Å². The van der Waals surface area contributed by atoms with Crippen LogP contribution in [-0.4, -0.2) is 18.3 Å². The Hall–Kier alpha value is 0.660. The van der Waals surface area contributed by atoms with Gasteiger partial charge in [-0.2, -0.15) is 0 Å². The molecule has 0 spiro atoms. The molecule has 0 fully saturated rings. The Morgan fingerprint density at radius 1 is 1.29 bits per heavy atom. The molecule has 0 aliphatic carbocycles. The van der Waals surface area contributed by atoms with Crippen molar-refractivity contribution in [3.8, 4) is 0 Å². The van der Waals surface area contributed by atoms with Gasteiger partial charge in [0.05, 0.1) is 0 Å². The molecule has 0 radical (unpaired) electrons. The molecule has 0 aliphatic rings. The summed E-state index contributed by atoms with van der Waals surface area (Å²) in [5.41, 5.74) is 0. The van der Waals surface area contributed by atoms with Crippen LogP contribution >= 0.6 is 0 Å². The minimum Gasteiger partial charge on any atom is -0.854 e. The summed E-state index contributed by atoms with van der Waals surface area (Å²) >= 11 is 0. The summed E-state index contributed by atoms with van der Waals surface area (Å²) < 4.78 is 0. The molecule has 0 bridgehead atoms. The molecule has 0 aliphatic heterocycles. The van der Waals surface area contributed by atoms with Crippen molar-refractivity contribution in [1.82, 2.24) is 0 Å². The van der Waals surface area contributed by atoms with Crippen LogP contribution in [0, 0.1) is 0 Å². The molecule has 3 heteroatoms. The van der Waals surface area contributed by atoms with Crippen molar-refractivity contribution in [2.45, 2.75) is 12.8 Å². The topological polar surface area (TPSA) is 43.3 Å². The van der Waals surface area contributed by atoms with Gasteiger partial charge < -0.3 is 10.2 Å². The van der Waals surface area contributed by atoms with Gasteiger partial charge in [-0.3, -0.25) is 0 Å². The average molecular weight is 197 g/mol. The van der Waals surface area contributed by atoms with E-state index in [1.54, 1.807) is 0 Å². The van der Waals surface area contributed by atoms with E-state index >= 15 is 0 Å². The Morgan fingerprint density at radius 3 is 2.00 bits per heavy atom. The van der Waals surface area contributed by atoms with Gasteiger partial charge in [0.15, 0.2) is 0 Å². The molecule has 0 saturated carbocycles. The van der Waals surface area contributed by atoms with Crippen LogP contribution < -0.4 is 5.11 Å². The number of hydrogen-bond donors (Lipinski definition) is 1. The zero-order chi connectivity index (χ0) is 4.83. The van der Waals surface area contributed by atoms with Crippen LogP contribution in [0.4, 0.5) is 0 Å². The van der Waals surface area contributed by atoms with Gasteiger partial charge in [0.2, 0.25) is 0 Å². The minimum absolute atomic E-state index is 0. The molecule has 0 atom stereocenters. The van der Waals surface area contributed by atoms with E-state index in [1.165, 1.54) is 0 Å². The Bertz CT molecular complexity index is 21.7. The fourth-order valence-corrected chi connectivity index (χ4v) is 0.214. The van der Waals surface area contributed by atoms with Crippen LogP contribution in [0.3, 0.4) is 0 Å². The standard InChI is InChI=1S/C4H9O2.Ag/c5-3-1-2-4-6;/h5H,1-4H2;/q-1;+1. The first-order valence-electron chi connectivity index (χ1n) is 2.10. The van der Waals surface area contributed by atoms with E-state index in [0.717, 1.165) is 0 Å². The van der Waals surface area contributed by atoms with Crippen molar-refractivity contribution in [1.29, 1.82) is 0 Å². The maximum absolute atomic E-state index is 9.58.